The molecule has 0 aliphatic carbocycles. The zero-order valence-corrected chi connectivity index (χ0v) is 15.3. The van der Waals surface area contributed by atoms with Gasteiger partial charge in [-0.25, -0.2) is 9.59 Å². The summed E-state index contributed by atoms with van der Waals surface area (Å²) in [5.41, 5.74) is 0.649. The molecule has 3 N–H and O–H groups in total. The molecule has 1 heterocycles. The summed E-state index contributed by atoms with van der Waals surface area (Å²) in [4.78, 5) is 46.9. The summed E-state index contributed by atoms with van der Waals surface area (Å²) in [6, 6.07) is 8.39. The molecule has 9 heteroatoms. The summed E-state index contributed by atoms with van der Waals surface area (Å²) in [6.07, 6.45) is 3.10. The molecule has 0 bridgehead atoms. The second-order valence-electron chi connectivity index (χ2n) is 5.74. The first kappa shape index (κ1) is 20.7. The van der Waals surface area contributed by atoms with Crippen molar-refractivity contribution in [3.63, 3.8) is 0 Å². The third-order valence-electron chi connectivity index (χ3n) is 3.53. The van der Waals surface area contributed by atoms with E-state index in [-0.39, 0.29) is 11.3 Å². The Labute approximate surface area is 161 Å². The van der Waals surface area contributed by atoms with Crippen molar-refractivity contribution in [2.75, 3.05) is 18.5 Å². The highest BCUT2D eigenvalue weighted by atomic mass is 16.5. The quantitative estimate of drug-likeness (QED) is 0.471. The van der Waals surface area contributed by atoms with Crippen LogP contribution >= 0.6 is 0 Å². The molecule has 0 aliphatic heterocycles. The van der Waals surface area contributed by atoms with Gasteiger partial charge in [0.15, 0.2) is 12.4 Å². The second-order valence-corrected chi connectivity index (χ2v) is 5.74. The van der Waals surface area contributed by atoms with Gasteiger partial charge in [-0.05, 0) is 42.8 Å². The van der Waals surface area contributed by atoms with E-state index in [4.69, 9.17) is 9.15 Å². The Bertz CT molecular complexity index is 815. The average molecular weight is 387 g/mol. The molecule has 0 spiro atoms. The van der Waals surface area contributed by atoms with Crippen LogP contribution in [0.25, 0.3) is 0 Å². The third-order valence-corrected chi connectivity index (χ3v) is 3.53. The lowest BCUT2D eigenvalue weighted by Gasteiger charge is -2.08. The van der Waals surface area contributed by atoms with Crippen molar-refractivity contribution in [1.82, 2.24) is 10.6 Å². The van der Waals surface area contributed by atoms with Gasteiger partial charge in [0.05, 0.1) is 11.8 Å². The number of ether oxygens (including phenoxy) is 1. The Morgan fingerprint density at radius 3 is 2.46 bits per heavy atom. The summed E-state index contributed by atoms with van der Waals surface area (Å²) in [7, 11) is 0. The minimum atomic E-state index is -0.732. The number of imide groups is 1. The monoisotopic (exact) mass is 387 g/mol. The van der Waals surface area contributed by atoms with Crippen LogP contribution in [0.1, 0.15) is 40.7 Å². The Morgan fingerprint density at radius 2 is 1.82 bits per heavy atom. The van der Waals surface area contributed by atoms with Gasteiger partial charge in [0.25, 0.3) is 11.8 Å². The van der Waals surface area contributed by atoms with Crippen molar-refractivity contribution in [2.45, 2.75) is 19.8 Å². The number of hydrogen-bond acceptors (Lipinski definition) is 6. The molecular formula is C19H21N3O6. The number of carbonyl (C=O) groups excluding carboxylic acids is 4. The average Bonchev–Trinajstić information content (AvgIpc) is 3.22. The SMILES string of the molecule is CCCCNC(=O)NC(=O)COC(=O)c1ccc(NC(=O)c2ccco2)cc1. The van der Waals surface area contributed by atoms with E-state index in [1.54, 1.807) is 6.07 Å². The van der Waals surface area contributed by atoms with Crippen LogP contribution in [0.15, 0.2) is 47.1 Å². The van der Waals surface area contributed by atoms with Gasteiger partial charge in [-0.2, -0.15) is 0 Å². The number of unbranched alkanes of at least 4 members (excludes halogenated alkanes) is 1. The van der Waals surface area contributed by atoms with E-state index in [9.17, 15) is 19.2 Å². The molecule has 0 saturated carbocycles. The number of hydrogen-bond donors (Lipinski definition) is 3. The van der Waals surface area contributed by atoms with Gasteiger partial charge in [-0.15, -0.1) is 0 Å². The van der Waals surface area contributed by atoms with Crippen LogP contribution in [0.2, 0.25) is 0 Å². The van der Waals surface area contributed by atoms with E-state index >= 15 is 0 Å². The lowest BCUT2D eigenvalue weighted by Crippen LogP contribution is -2.41. The molecule has 0 fully saturated rings. The lowest BCUT2D eigenvalue weighted by atomic mass is 10.2. The number of rotatable bonds is 8. The normalized spacial score (nSPS) is 10.0. The highest BCUT2D eigenvalue weighted by Crippen LogP contribution is 2.12. The summed E-state index contributed by atoms with van der Waals surface area (Å²) < 4.78 is 9.85. The van der Waals surface area contributed by atoms with E-state index in [1.165, 1.54) is 36.6 Å². The highest BCUT2D eigenvalue weighted by molar-refractivity contribution is 6.02. The van der Waals surface area contributed by atoms with Crippen LogP contribution in [0, 0.1) is 0 Å². The van der Waals surface area contributed by atoms with Gasteiger partial charge in [0.1, 0.15) is 0 Å². The summed E-state index contributed by atoms with van der Waals surface area (Å²) in [5.74, 6) is -1.72. The van der Waals surface area contributed by atoms with Gasteiger partial charge in [0, 0.05) is 12.2 Å². The van der Waals surface area contributed by atoms with Gasteiger partial charge in [-0.1, -0.05) is 13.3 Å². The van der Waals surface area contributed by atoms with Crippen LogP contribution in [-0.2, 0) is 9.53 Å². The number of benzene rings is 1. The maximum Gasteiger partial charge on any atom is 0.338 e. The van der Waals surface area contributed by atoms with Crippen molar-refractivity contribution in [3.05, 3.63) is 54.0 Å². The molecule has 2 rings (SSSR count). The molecule has 4 amide bonds. The number of furan rings is 1. The fourth-order valence-electron chi connectivity index (χ4n) is 2.09. The summed E-state index contributed by atoms with van der Waals surface area (Å²) in [6.45, 7) is 1.85. The van der Waals surface area contributed by atoms with Crippen LogP contribution in [-0.4, -0.2) is 37.0 Å². The fraction of sp³-hybridized carbons (Fsp3) is 0.263. The fourth-order valence-corrected chi connectivity index (χ4v) is 2.09. The highest BCUT2D eigenvalue weighted by Gasteiger charge is 2.13. The van der Waals surface area contributed by atoms with Crippen molar-refractivity contribution in [2.24, 2.45) is 0 Å². The maximum atomic E-state index is 12.0. The van der Waals surface area contributed by atoms with Crippen LogP contribution in [0.4, 0.5) is 10.5 Å². The number of carbonyl (C=O) groups is 4. The standard InChI is InChI=1S/C19H21N3O6/c1-2-3-10-20-19(26)22-16(23)12-28-18(25)13-6-8-14(9-7-13)21-17(24)15-5-4-11-27-15/h4-9,11H,2-3,10,12H2,1H3,(H,21,24)(H2,20,22,23,26). The first-order valence-corrected chi connectivity index (χ1v) is 8.69. The molecule has 1 aromatic heterocycles. The number of amides is 4. The molecule has 0 atom stereocenters. The van der Waals surface area contributed by atoms with Gasteiger partial charge >= 0.3 is 12.0 Å². The third kappa shape index (κ3) is 6.60. The first-order valence-electron chi connectivity index (χ1n) is 8.69. The van der Waals surface area contributed by atoms with E-state index in [2.05, 4.69) is 16.0 Å². The molecule has 0 unspecified atom stereocenters. The van der Waals surface area contributed by atoms with Crippen LogP contribution < -0.4 is 16.0 Å². The summed E-state index contributed by atoms with van der Waals surface area (Å²) in [5, 5.41) is 7.19. The van der Waals surface area contributed by atoms with Crippen molar-refractivity contribution in [3.8, 4) is 0 Å². The smallest absolute Gasteiger partial charge is 0.338 e. The molecule has 0 saturated heterocycles. The summed E-state index contributed by atoms with van der Waals surface area (Å²) >= 11 is 0. The number of esters is 1. The Hall–Kier alpha value is -3.62. The van der Waals surface area contributed by atoms with Crippen LogP contribution in [0.5, 0.6) is 0 Å². The number of nitrogens with one attached hydrogen (secondary N) is 3. The minimum Gasteiger partial charge on any atom is -0.459 e. The molecule has 0 radical (unpaired) electrons. The number of anilines is 1. The predicted octanol–water partition coefficient (Wildman–Crippen LogP) is 2.31. The molecule has 0 aliphatic rings. The van der Waals surface area contributed by atoms with E-state index in [0.717, 1.165) is 12.8 Å². The maximum absolute atomic E-state index is 12.0. The van der Waals surface area contributed by atoms with Gasteiger partial charge in [0.2, 0.25) is 0 Å². The minimum absolute atomic E-state index is 0.160. The molecule has 28 heavy (non-hydrogen) atoms. The van der Waals surface area contributed by atoms with Gasteiger partial charge < -0.3 is 19.8 Å². The lowest BCUT2D eigenvalue weighted by molar-refractivity contribution is -0.123. The van der Waals surface area contributed by atoms with Crippen molar-refractivity contribution in [1.29, 1.82) is 0 Å². The number of urea groups is 1. The molecular weight excluding hydrogens is 366 g/mol. The van der Waals surface area contributed by atoms with Crippen LogP contribution in [0.3, 0.4) is 0 Å². The molecule has 2 aromatic rings. The topological polar surface area (TPSA) is 127 Å². The zero-order chi connectivity index (χ0) is 20.4. The molecule has 1 aromatic carbocycles. The Morgan fingerprint density at radius 1 is 1.07 bits per heavy atom. The van der Waals surface area contributed by atoms with E-state index in [0.29, 0.717) is 12.2 Å². The van der Waals surface area contributed by atoms with Crippen molar-refractivity contribution >= 4 is 29.5 Å². The van der Waals surface area contributed by atoms with E-state index in [1.807, 2.05) is 6.92 Å². The zero-order valence-electron chi connectivity index (χ0n) is 15.3. The largest absolute Gasteiger partial charge is 0.459 e. The molecule has 148 valence electrons. The predicted molar refractivity (Wildman–Crippen MR) is 99.8 cm³/mol. The van der Waals surface area contributed by atoms with E-state index < -0.39 is 30.4 Å². The first-order chi connectivity index (χ1) is 13.5. The Balaban J connectivity index is 1.77. The second kappa shape index (κ2) is 10.5. The van der Waals surface area contributed by atoms with Gasteiger partial charge in [-0.3, -0.25) is 14.9 Å². The Kier molecular flexibility index (Phi) is 7.77. The van der Waals surface area contributed by atoms with Crippen molar-refractivity contribution < 1.29 is 28.3 Å². The molecule has 9 nitrogen and oxygen atoms in total.